The Labute approximate surface area is 167 Å². The molecule has 0 saturated carbocycles. The molecule has 8 heteroatoms. The second-order valence-corrected chi connectivity index (χ2v) is 6.79. The first-order valence-electron chi connectivity index (χ1n) is 9.97. The second-order valence-electron chi connectivity index (χ2n) is 6.79. The van der Waals surface area contributed by atoms with Crippen molar-refractivity contribution in [1.82, 2.24) is 20.5 Å². The smallest absolute Gasteiger partial charge is 0.220 e. The minimum atomic E-state index is 0.122. The fraction of sp³-hybridized carbons (Fsp3) is 0.650. The number of nitrogens with one attached hydrogen (secondary N) is 2. The number of pyridine rings is 1. The van der Waals surface area contributed by atoms with Gasteiger partial charge in [-0.2, -0.15) is 0 Å². The van der Waals surface area contributed by atoms with E-state index in [1.54, 1.807) is 20.4 Å². The summed E-state index contributed by atoms with van der Waals surface area (Å²) in [7, 11) is 3.34. The van der Waals surface area contributed by atoms with Crippen LogP contribution >= 0.6 is 0 Å². The van der Waals surface area contributed by atoms with Crippen LogP contribution in [-0.4, -0.2) is 68.8 Å². The van der Waals surface area contributed by atoms with Gasteiger partial charge in [-0.25, -0.2) is 9.98 Å². The van der Waals surface area contributed by atoms with E-state index >= 15 is 0 Å². The normalized spacial score (nSPS) is 15.4. The summed E-state index contributed by atoms with van der Waals surface area (Å²) in [4.78, 5) is 23.0. The molecule has 0 spiro atoms. The molecule has 8 nitrogen and oxygen atoms in total. The number of aromatic nitrogens is 1. The van der Waals surface area contributed by atoms with Crippen LogP contribution in [0.25, 0.3) is 0 Å². The average molecular weight is 392 g/mol. The molecular weight excluding hydrogens is 358 g/mol. The third-order valence-electron chi connectivity index (χ3n) is 4.78. The highest BCUT2D eigenvalue weighted by molar-refractivity contribution is 5.80. The van der Waals surface area contributed by atoms with E-state index in [0.717, 1.165) is 44.0 Å². The molecule has 1 fully saturated rings. The summed E-state index contributed by atoms with van der Waals surface area (Å²) in [6.07, 6.45) is 4.32. The summed E-state index contributed by atoms with van der Waals surface area (Å²) >= 11 is 0. The van der Waals surface area contributed by atoms with Crippen LogP contribution in [0.1, 0.15) is 31.7 Å². The second kappa shape index (κ2) is 12.2. The molecule has 0 aromatic carbocycles. The number of hydrogen-bond acceptors (Lipinski definition) is 5. The number of hydrogen-bond donors (Lipinski definition) is 2. The average Bonchev–Trinajstić information content (AvgIpc) is 2.72. The Hall–Kier alpha value is -2.35. The minimum absolute atomic E-state index is 0.122. The van der Waals surface area contributed by atoms with E-state index in [2.05, 4.69) is 27.4 Å². The van der Waals surface area contributed by atoms with Crippen molar-refractivity contribution < 1.29 is 14.3 Å². The molecule has 28 heavy (non-hydrogen) atoms. The lowest BCUT2D eigenvalue weighted by Crippen LogP contribution is -2.46. The summed E-state index contributed by atoms with van der Waals surface area (Å²) < 4.78 is 10.7. The Morgan fingerprint density at radius 1 is 1.36 bits per heavy atom. The lowest BCUT2D eigenvalue weighted by Gasteiger charge is -2.34. The highest BCUT2D eigenvalue weighted by atomic mass is 16.5. The SMILES string of the molecule is CCNC(=NCc1cccnc1OCCOC)N1CCC(CC(=O)NC)CC1. The summed E-state index contributed by atoms with van der Waals surface area (Å²) in [5, 5.41) is 6.09. The summed E-state index contributed by atoms with van der Waals surface area (Å²) in [5.41, 5.74) is 0.948. The summed E-state index contributed by atoms with van der Waals surface area (Å²) in [5.74, 6) is 2.06. The Morgan fingerprint density at radius 3 is 2.82 bits per heavy atom. The Bertz CT molecular complexity index is 630. The van der Waals surface area contributed by atoms with Crippen LogP contribution < -0.4 is 15.4 Å². The van der Waals surface area contributed by atoms with Crippen LogP contribution in [0.3, 0.4) is 0 Å². The van der Waals surface area contributed by atoms with Gasteiger partial charge in [-0.15, -0.1) is 0 Å². The van der Waals surface area contributed by atoms with Gasteiger partial charge in [0, 0.05) is 52.0 Å². The van der Waals surface area contributed by atoms with Gasteiger partial charge in [0.2, 0.25) is 11.8 Å². The fourth-order valence-corrected chi connectivity index (χ4v) is 3.20. The number of methoxy groups -OCH3 is 1. The number of rotatable bonds is 9. The Morgan fingerprint density at radius 2 is 2.14 bits per heavy atom. The van der Waals surface area contributed by atoms with E-state index < -0.39 is 0 Å². The summed E-state index contributed by atoms with van der Waals surface area (Å²) in [6, 6.07) is 3.88. The minimum Gasteiger partial charge on any atom is -0.475 e. The molecule has 0 radical (unpaired) electrons. The first-order valence-corrected chi connectivity index (χ1v) is 9.97. The van der Waals surface area contributed by atoms with E-state index in [9.17, 15) is 4.79 Å². The van der Waals surface area contributed by atoms with Gasteiger partial charge >= 0.3 is 0 Å². The highest BCUT2D eigenvalue weighted by Crippen LogP contribution is 2.21. The number of carbonyl (C=O) groups excluding carboxylic acids is 1. The molecule has 1 amide bonds. The standard InChI is InChI=1S/C20H33N5O3/c1-4-22-20(25-10-7-16(8-11-25)14-18(26)21-2)24-15-17-6-5-9-23-19(17)28-13-12-27-3/h5-6,9,16H,4,7-8,10-15H2,1-3H3,(H,21,26)(H,22,24). The predicted molar refractivity (Wildman–Crippen MR) is 109 cm³/mol. The van der Waals surface area contributed by atoms with Crippen molar-refractivity contribution in [3.63, 3.8) is 0 Å². The van der Waals surface area contributed by atoms with Crippen molar-refractivity contribution in [2.75, 3.05) is 47.0 Å². The molecule has 1 aromatic heterocycles. The number of nitrogens with zero attached hydrogens (tertiary/aromatic N) is 3. The van der Waals surface area contributed by atoms with Gasteiger partial charge in [-0.3, -0.25) is 4.79 Å². The predicted octanol–water partition coefficient (Wildman–Crippen LogP) is 1.42. The lowest BCUT2D eigenvalue weighted by atomic mass is 9.93. The maximum absolute atomic E-state index is 11.6. The van der Waals surface area contributed by atoms with Gasteiger partial charge in [0.25, 0.3) is 0 Å². The van der Waals surface area contributed by atoms with Gasteiger partial charge < -0.3 is 25.0 Å². The van der Waals surface area contributed by atoms with Gasteiger partial charge in [0.05, 0.1) is 13.2 Å². The van der Waals surface area contributed by atoms with Crippen molar-refractivity contribution in [2.24, 2.45) is 10.9 Å². The molecule has 2 N–H and O–H groups in total. The molecule has 0 atom stereocenters. The molecular formula is C20H33N5O3. The van der Waals surface area contributed by atoms with Crippen molar-refractivity contribution in [3.05, 3.63) is 23.9 Å². The largest absolute Gasteiger partial charge is 0.475 e. The summed E-state index contributed by atoms with van der Waals surface area (Å²) in [6.45, 7) is 6.15. The van der Waals surface area contributed by atoms with Crippen LogP contribution in [0, 0.1) is 5.92 Å². The van der Waals surface area contributed by atoms with Crippen LogP contribution in [0.2, 0.25) is 0 Å². The zero-order valence-electron chi connectivity index (χ0n) is 17.2. The van der Waals surface area contributed by atoms with E-state index in [4.69, 9.17) is 14.5 Å². The van der Waals surface area contributed by atoms with Crippen LogP contribution in [-0.2, 0) is 16.1 Å². The number of likely N-dealkylation sites (tertiary alicyclic amines) is 1. The molecule has 1 aliphatic heterocycles. The van der Waals surface area contributed by atoms with Gasteiger partial charge in [-0.05, 0) is 31.7 Å². The van der Waals surface area contributed by atoms with E-state index in [1.807, 2.05) is 12.1 Å². The van der Waals surface area contributed by atoms with Crippen molar-refractivity contribution in [2.45, 2.75) is 32.7 Å². The van der Waals surface area contributed by atoms with Crippen molar-refractivity contribution >= 4 is 11.9 Å². The zero-order chi connectivity index (χ0) is 20.2. The van der Waals surface area contributed by atoms with Crippen LogP contribution in [0.4, 0.5) is 0 Å². The fourth-order valence-electron chi connectivity index (χ4n) is 3.20. The Kier molecular flexibility index (Phi) is 9.54. The monoisotopic (exact) mass is 391 g/mol. The quantitative estimate of drug-likeness (QED) is 0.376. The van der Waals surface area contributed by atoms with E-state index in [0.29, 0.717) is 38.0 Å². The third-order valence-corrected chi connectivity index (χ3v) is 4.78. The first-order chi connectivity index (χ1) is 13.7. The third kappa shape index (κ3) is 6.99. The molecule has 0 aliphatic carbocycles. The van der Waals surface area contributed by atoms with Gasteiger partial charge in [0.15, 0.2) is 5.96 Å². The van der Waals surface area contributed by atoms with Gasteiger partial charge in [-0.1, -0.05) is 6.07 Å². The molecule has 2 heterocycles. The van der Waals surface area contributed by atoms with E-state index in [1.165, 1.54) is 0 Å². The molecule has 0 unspecified atom stereocenters. The zero-order valence-corrected chi connectivity index (χ0v) is 17.2. The van der Waals surface area contributed by atoms with Crippen LogP contribution in [0.5, 0.6) is 5.88 Å². The molecule has 1 aromatic rings. The number of amides is 1. The Balaban J connectivity index is 1.97. The van der Waals surface area contributed by atoms with Crippen LogP contribution in [0.15, 0.2) is 23.3 Å². The molecule has 2 rings (SSSR count). The molecule has 1 aliphatic rings. The molecule has 0 bridgehead atoms. The van der Waals surface area contributed by atoms with Gasteiger partial charge in [0.1, 0.15) is 6.61 Å². The maximum atomic E-state index is 11.6. The molecule has 1 saturated heterocycles. The maximum Gasteiger partial charge on any atom is 0.220 e. The molecule has 156 valence electrons. The topological polar surface area (TPSA) is 88.1 Å². The van der Waals surface area contributed by atoms with Crippen molar-refractivity contribution in [1.29, 1.82) is 0 Å². The number of carbonyl (C=O) groups is 1. The number of guanidine groups is 1. The first kappa shape index (κ1) is 21.9. The highest BCUT2D eigenvalue weighted by Gasteiger charge is 2.23. The van der Waals surface area contributed by atoms with E-state index in [-0.39, 0.29) is 5.91 Å². The number of ether oxygens (including phenoxy) is 2. The number of piperidine rings is 1. The lowest BCUT2D eigenvalue weighted by molar-refractivity contribution is -0.121. The number of aliphatic imine (C=N–C) groups is 1. The van der Waals surface area contributed by atoms with Crippen molar-refractivity contribution in [3.8, 4) is 5.88 Å².